The summed E-state index contributed by atoms with van der Waals surface area (Å²) >= 11 is 3.51. The van der Waals surface area contributed by atoms with Crippen LogP contribution in [0.5, 0.6) is 0 Å². The standard InChI is InChI=1S/C10H8Br.C10H15.2C2H6N.Zr/c1-7-5-8-3-2-4-10(11)9(8)6-7;1-7-6-10(4,5)9(3)8(7)2;2*1-3-2;/h2-6H,1H3;1-5H3;2*1-2H3;/q4*-1;+4. The van der Waals surface area contributed by atoms with Crippen LogP contribution in [0.3, 0.4) is 0 Å². The molecule has 0 aromatic heterocycles. The average Bonchev–Trinajstić information content (AvgIpc) is 3.04. The van der Waals surface area contributed by atoms with Gasteiger partial charge in [-0.1, -0.05) is 62.0 Å². The summed E-state index contributed by atoms with van der Waals surface area (Å²) in [6.45, 7) is 13.0. The zero-order valence-electron chi connectivity index (χ0n) is 19.2. The first-order chi connectivity index (χ1) is 12.5. The van der Waals surface area contributed by atoms with Crippen LogP contribution in [0.1, 0.15) is 40.2 Å². The molecule has 0 saturated heterocycles. The van der Waals surface area contributed by atoms with E-state index in [2.05, 4.69) is 105 Å². The number of allylic oxidation sites excluding steroid dienone is 4. The summed E-state index contributed by atoms with van der Waals surface area (Å²) in [7, 11) is 7.00. The topological polar surface area (TPSA) is 28.2 Å². The van der Waals surface area contributed by atoms with Gasteiger partial charge in [0.25, 0.3) is 0 Å². The van der Waals surface area contributed by atoms with Gasteiger partial charge in [-0.05, 0) is 4.47 Å². The molecule has 0 amide bonds. The van der Waals surface area contributed by atoms with Crippen molar-refractivity contribution < 1.29 is 26.2 Å². The fraction of sp³-hybridized carbons (Fsp3) is 0.458. The Hall–Kier alpha value is -0.407. The van der Waals surface area contributed by atoms with E-state index in [-0.39, 0.29) is 31.6 Å². The van der Waals surface area contributed by atoms with Crippen LogP contribution in [0.15, 0.2) is 51.5 Å². The minimum atomic E-state index is 0. The Balaban J connectivity index is 0. The Morgan fingerprint density at radius 3 is 1.79 bits per heavy atom. The molecule has 0 unspecified atom stereocenters. The average molecular weight is 523 g/mol. The van der Waals surface area contributed by atoms with Crippen LogP contribution in [-0.2, 0) is 26.2 Å². The zero-order chi connectivity index (χ0) is 21.2. The predicted molar refractivity (Wildman–Crippen MR) is 127 cm³/mol. The molecule has 1 aliphatic rings. The molecule has 1 aliphatic carbocycles. The van der Waals surface area contributed by atoms with E-state index in [0.29, 0.717) is 0 Å². The molecule has 0 bridgehead atoms. The molecule has 0 aliphatic heterocycles. The van der Waals surface area contributed by atoms with Crippen LogP contribution >= 0.6 is 15.9 Å². The van der Waals surface area contributed by atoms with Crippen molar-refractivity contribution in [2.24, 2.45) is 5.41 Å². The van der Waals surface area contributed by atoms with Gasteiger partial charge in [0.05, 0.1) is 0 Å². The minimum absolute atomic E-state index is 0. The fourth-order valence-corrected chi connectivity index (χ4v) is 3.25. The molecule has 3 rings (SSSR count). The van der Waals surface area contributed by atoms with Gasteiger partial charge in [0, 0.05) is 0 Å². The van der Waals surface area contributed by atoms with Crippen LogP contribution < -0.4 is 0 Å². The molecule has 28 heavy (non-hydrogen) atoms. The Bertz CT molecular complexity index is 768. The summed E-state index contributed by atoms with van der Waals surface area (Å²) in [4.78, 5) is 0. The maximum Gasteiger partial charge on any atom is 4.00 e. The molecule has 0 radical (unpaired) electrons. The predicted octanol–water partition coefficient (Wildman–Crippen LogP) is 7.98. The third-order valence-electron chi connectivity index (χ3n) is 4.40. The van der Waals surface area contributed by atoms with Gasteiger partial charge in [-0.3, -0.25) is 6.08 Å². The molecule has 0 N–H and O–H groups in total. The van der Waals surface area contributed by atoms with Gasteiger partial charge >= 0.3 is 26.2 Å². The molecule has 152 valence electrons. The van der Waals surface area contributed by atoms with Gasteiger partial charge in [0.1, 0.15) is 0 Å². The quantitative estimate of drug-likeness (QED) is 0.314. The first-order valence-electron chi connectivity index (χ1n) is 9.13. The van der Waals surface area contributed by atoms with Gasteiger partial charge in [0.15, 0.2) is 0 Å². The second-order valence-corrected chi connectivity index (χ2v) is 8.15. The minimum Gasteiger partial charge on any atom is -0.668 e. The number of rotatable bonds is 0. The number of fused-ring (bicyclic) bond motifs is 1. The summed E-state index contributed by atoms with van der Waals surface area (Å²) < 4.78 is 1.18. The van der Waals surface area contributed by atoms with Crippen LogP contribution in [0.2, 0.25) is 0 Å². The summed E-state index contributed by atoms with van der Waals surface area (Å²) in [6, 6.07) is 10.7. The van der Waals surface area contributed by atoms with Gasteiger partial charge in [-0.15, -0.1) is 41.5 Å². The van der Waals surface area contributed by atoms with Crippen molar-refractivity contribution in [2.45, 2.75) is 41.5 Å². The van der Waals surface area contributed by atoms with E-state index in [1.165, 1.54) is 37.5 Å². The molecule has 2 aromatic rings. The molecule has 0 atom stereocenters. The van der Waals surface area contributed by atoms with Crippen LogP contribution in [0.25, 0.3) is 21.4 Å². The monoisotopic (exact) mass is 520 g/mol. The maximum absolute atomic E-state index is 3.51. The van der Waals surface area contributed by atoms with Crippen molar-refractivity contribution in [3.63, 3.8) is 0 Å². The van der Waals surface area contributed by atoms with Crippen molar-refractivity contribution in [3.05, 3.63) is 73.8 Å². The second-order valence-electron chi connectivity index (χ2n) is 7.29. The van der Waals surface area contributed by atoms with E-state index in [1.54, 1.807) is 28.2 Å². The molecule has 2 aromatic carbocycles. The van der Waals surface area contributed by atoms with Crippen molar-refractivity contribution in [2.75, 3.05) is 28.2 Å². The SMILES string of the molecule is CC1=[C-]C(C)(C)C(C)=C1C.C[N-]C.C[N-]C.Cc1cc2c(Br)cccc2[cH-]1.[Zr+4]. The van der Waals surface area contributed by atoms with E-state index in [4.69, 9.17) is 0 Å². The van der Waals surface area contributed by atoms with Gasteiger partial charge in [-0.2, -0.15) is 45.4 Å². The van der Waals surface area contributed by atoms with E-state index < -0.39 is 0 Å². The Morgan fingerprint density at radius 2 is 1.46 bits per heavy atom. The summed E-state index contributed by atoms with van der Waals surface area (Å²) in [5.74, 6) is 0. The zero-order valence-corrected chi connectivity index (χ0v) is 23.2. The first-order valence-corrected chi connectivity index (χ1v) is 9.92. The molecule has 0 spiro atoms. The van der Waals surface area contributed by atoms with Gasteiger partial charge in [-0.25, -0.2) is 5.57 Å². The third kappa shape index (κ3) is 9.39. The Morgan fingerprint density at radius 1 is 0.964 bits per heavy atom. The molecular weight excluding hydrogens is 487 g/mol. The van der Waals surface area contributed by atoms with E-state index in [0.717, 1.165) is 0 Å². The summed E-state index contributed by atoms with van der Waals surface area (Å²) in [6.07, 6.45) is 3.44. The number of aryl methyl sites for hydroxylation is 1. The van der Waals surface area contributed by atoms with Gasteiger partial charge < -0.3 is 10.6 Å². The fourth-order valence-electron chi connectivity index (χ4n) is 2.75. The van der Waals surface area contributed by atoms with Crippen molar-refractivity contribution >= 4 is 26.7 Å². The largest absolute Gasteiger partial charge is 4.00 e. The molecular formula is C24H35BrN2Zr. The van der Waals surface area contributed by atoms with E-state index in [1.807, 2.05) is 0 Å². The normalized spacial score (nSPS) is 13.9. The molecule has 4 heteroatoms. The molecule has 0 saturated carbocycles. The number of benzene rings is 1. The summed E-state index contributed by atoms with van der Waals surface area (Å²) in [5.41, 5.74) is 5.72. The van der Waals surface area contributed by atoms with Gasteiger partial charge in [0.2, 0.25) is 0 Å². The smallest absolute Gasteiger partial charge is 0.668 e. The summed E-state index contributed by atoms with van der Waals surface area (Å²) in [5, 5.41) is 9.63. The molecule has 0 fully saturated rings. The number of hydrogen-bond acceptors (Lipinski definition) is 0. The van der Waals surface area contributed by atoms with Crippen LogP contribution in [0, 0.1) is 18.4 Å². The molecule has 0 heterocycles. The first kappa shape index (κ1) is 29.8. The molecule has 2 nitrogen and oxygen atoms in total. The van der Waals surface area contributed by atoms with Crippen molar-refractivity contribution in [3.8, 4) is 0 Å². The number of halogens is 1. The maximum atomic E-state index is 3.51. The number of nitrogens with zero attached hydrogens (tertiary/aromatic N) is 2. The number of hydrogen-bond donors (Lipinski definition) is 0. The van der Waals surface area contributed by atoms with Crippen LogP contribution in [0.4, 0.5) is 0 Å². The van der Waals surface area contributed by atoms with Crippen molar-refractivity contribution in [1.29, 1.82) is 0 Å². The van der Waals surface area contributed by atoms with E-state index in [9.17, 15) is 0 Å². The second kappa shape index (κ2) is 14.6. The van der Waals surface area contributed by atoms with Crippen molar-refractivity contribution in [1.82, 2.24) is 0 Å². The third-order valence-corrected chi connectivity index (χ3v) is 5.10. The van der Waals surface area contributed by atoms with E-state index >= 15 is 0 Å². The Kier molecular flexibility index (Phi) is 15.5. The van der Waals surface area contributed by atoms with Crippen LogP contribution in [-0.4, -0.2) is 28.2 Å². The Labute approximate surface area is 200 Å².